The molecular weight excluding hydrogens is 216 g/mol. The lowest BCUT2D eigenvalue weighted by atomic mass is 9.96. The topological polar surface area (TPSA) is 0 Å². The van der Waals surface area contributed by atoms with Gasteiger partial charge in [-0.1, -0.05) is 77.4 Å². The molecule has 0 radical (unpaired) electrons. The summed E-state index contributed by atoms with van der Waals surface area (Å²) in [4.78, 5) is 0. The summed E-state index contributed by atoms with van der Waals surface area (Å²) in [6.45, 7) is 4.60. The molecule has 0 amide bonds. The average molecular weight is 250 g/mol. The van der Waals surface area contributed by atoms with Crippen LogP contribution in [-0.4, -0.2) is 0 Å². The Balaban J connectivity index is 1.91. The lowest BCUT2D eigenvalue weighted by Gasteiger charge is -2.10. The van der Waals surface area contributed by atoms with E-state index in [4.69, 9.17) is 0 Å². The molecule has 1 saturated carbocycles. The van der Waals surface area contributed by atoms with Crippen LogP contribution in [0.3, 0.4) is 0 Å². The first-order valence-corrected chi connectivity index (χ1v) is 8.51. The van der Waals surface area contributed by atoms with E-state index in [0.29, 0.717) is 0 Å². The zero-order valence-electron chi connectivity index (χ0n) is 12.8. The molecule has 0 heteroatoms. The first-order chi connectivity index (χ1) is 8.86. The molecule has 2 unspecified atom stereocenters. The van der Waals surface area contributed by atoms with Crippen LogP contribution >= 0.6 is 0 Å². The summed E-state index contributed by atoms with van der Waals surface area (Å²) in [5, 5.41) is 0. The van der Waals surface area contributed by atoms with Crippen LogP contribution in [0.5, 0.6) is 0 Å². The zero-order chi connectivity index (χ0) is 13.1. The maximum atomic E-state index is 2.41. The van der Waals surface area contributed by atoms with Gasteiger partial charge in [0.25, 0.3) is 0 Å². The van der Waals surface area contributed by atoms with Gasteiger partial charge in [0, 0.05) is 0 Å². The maximum absolute atomic E-state index is 2.41. The smallest absolute Gasteiger partial charge is 0.0351 e. The van der Waals surface area contributed by atoms with E-state index in [9.17, 15) is 0 Å². The van der Waals surface area contributed by atoms with E-state index in [1.807, 2.05) is 0 Å². The number of unbranched alkanes of at least 4 members (excludes halogenated alkanes) is 4. The van der Waals surface area contributed by atoms with Crippen LogP contribution in [-0.2, 0) is 0 Å². The molecule has 0 saturated heterocycles. The molecule has 1 rings (SSSR count). The van der Waals surface area contributed by atoms with Crippen molar-refractivity contribution in [3.8, 4) is 0 Å². The van der Waals surface area contributed by atoms with Crippen LogP contribution < -0.4 is 0 Å². The third-order valence-electron chi connectivity index (χ3n) is 4.47. The Morgan fingerprint density at radius 2 is 1.44 bits per heavy atom. The molecule has 2 atom stereocenters. The third-order valence-corrected chi connectivity index (χ3v) is 4.47. The molecule has 18 heavy (non-hydrogen) atoms. The summed E-state index contributed by atoms with van der Waals surface area (Å²) in [6, 6.07) is 0. The molecule has 0 aromatic rings. The van der Waals surface area contributed by atoms with Crippen LogP contribution in [0.2, 0.25) is 0 Å². The van der Waals surface area contributed by atoms with Crippen molar-refractivity contribution in [2.24, 2.45) is 11.8 Å². The van der Waals surface area contributed by atoms with Crippen molar-refractivity contribution >= 4 is 0 Å². The molecule has 0 aliphatic heterocycles. The monoisotopic (exact) mass is 250 g/mol. The minimum atomic E-state index is 1.07. The first-order valence-electron chi connectivity index (χ1n) is 8.51. The fourth-order valence-electron chi connectivity index (χ4n) is 3.36. The van der Waals surface area contributed by atoms with Crippen molar-refractivity contribution in [2.75, 3.05) is 0 Å². The van der Waals surface area contributed by atoms with Crippen LogP contribution in [0.4, 0.5) is 0 Å². The van der Waals surface area contributed by atoms with E-state index < -0.39 is 0 Å². The Bertz CT molecular complexity index is 204. The molecule has 106 valence electrons. The third kappa shape index (κ3) is 7.24. The van der Waals surface area contributed by atoms with Gasteiger partial charge in [0.15, 0.2) is 0 Å². The molecule has 0 aromatic heterocycles. The second-order valence-corrected chi connectivity index (χ2v) is 6.23. The van der Waals surface area contributed by atoms with Gasteiger partial charge in [-0.25, -0.2) is 0 Å². The average Bonchev–Trinajstić information content (AvgIpc) is 2.81. The Morgan fingerprint density at radius 3 is 2.11 bits per heavy atom. The molecule has 1 fully saturated rings. The summed E-state index contributed by atoms with van der Waals surface area (Å²) in [6.07, 6.45) is 21.9. The van der Waals surface area contributed by atoms with Gasteiger partial charge >= 0.3 is 0 Å². The Kier molecular flexibility index (Phi) is 9.34. The van der Waals surface area contributed by atoms with Crippen molar-refractivity contribution in [3.05, 3.63) is 12.2 Å². The standard InChI is InChI=1S/C18H34/c1-3-5-6-7-8-9-10-11-13-18-15-14-17(16-18)12-4-2/h7-8,17-18H,3-6,9-16H2,1-2H3/b8-7-. The van der Waals surface area contributed by atoms with Crippen molar-refractivity contribution < 1.29 is 0 Å². The van der Waals surface area contributed by atoms with Gasteiger partial charge in [0.2, 0.25) is 0 Å². The van der Waals surface area contributed by atoms with E-state index in [1.54, 1.807) is 6.42 Å². The summed E-state index contributed by atoms with van der Waals surface area (Å²) >= 11 is 0. The number of allylic oxidation sites excluding steroid dienone is 2. The second kappa shape index (κ2) is 10.6. The quantitative estimate of drug-likeness (QED) is 0.306. The highest BCUT2D eigenvalue weighted by atomic mass is 14.3. The van der Waals surface area contributed by atoms with Crippen LogP contribution in [0, 0.1) is 11.8 Å². The second-order valence-electron chi connectivity index (χ2n) is 6.23. The molecule has 0 spiro atoms. The van der Waals surface area contributed by atoms with Gasteiger partial charge in [0.1, 0.15) is 0 Å². The molecule has 0 bridgehead atoms. The van der Waals surface area contributed by atoms with E-state index >= 15 is 0 Å². The van der Waals surface area contributed by atoms with Gasteiger partial charge < -0.3 is 0 Å². The van der Waals surface area contributed by atoms with E-state index in [0.717, 1.165) is 11.8 Å². The summed E-state index contributed by atoms with van der Waals surface area (Å²) in [7, 11) is 0. The largest absolute Gasteiger partial charge is 0.0885 e. The minimum Gasteiger partial charge on any atom is -0.0885 e. The molecular formula is C18H34. The highest BCUT2D eigenvalue weighted by molar-refractivity contribution is 4.81. The van der Waals surface area contributed by atoms with Gasteiger partial charge in [-0.3, -0.25) is 0 Å². The molecule has 1 aliphatic carbocycles. The van der Waals surface area contributed by atoms with Crippen molar-refractivity contribution in [1.82, 2.24) is 0 Å². The fourth-order valence-corrected chi connectivity index (χ4v) is 3.36. The van der Waals surface area contributed by atoms with Gasteiger partial charge in [-0.15, -0.1) is 0 Å². The summed E-state index contributed by atoms with van der Waals surface area (Å²) in [5.74, 6) is 2.15. The Labute approximate surface area is 115 Å². The van der Waals surface area contributed by atoms with E-state index in [2.05, 4.69) is 26.0 Å². The first kappa shape index (κ1) is 15.8. The number of hydrogen-bond acceptors (Lipinski definition) is 0. The highest BCUT2D eigenvalue weighted by Crippen LogP contribution is 2.36. The van der Waals surface area contributed by atoms with Crippen LogP contribution in [0.25, 0.3) is 0 Å². The van der Waals surface area contributed by atoms with E-state index in [-0.39, 0.29) is 0 Å². The Morgan fingerprint density at radius 1 is 0.778 bits per heavy atom. The minimum absolute atomic E-state index is 1.07. The lowest BCUT2D eigenvalue weighted by Crippen LogP contribution is -1.96. The lowest BCUT2D eigenvalue weighted by molar-refractivity contribution is 0.430. The fraction of sp³-hybridized carbons (Fsp3) is 0.889. The van der Waals surface area contributed by atoms with Crippen LogP contribution in [0.15, 0.2) is 12.2 Å². The molecule has 1 aliphatic rings. The number of rotatable bonds is 10. The van der Waals surface area contributed by atoms with Gasteiger partial charge in [0.05, 0.1) is 0 Å². The zero-order valence-corrected chi connectivity index (χ0v) is 12.8. The van der Waals surface area contributed by atoms with E-state index in [1.165, 1.54) is 70.6 Å². The van der Waals surface area contributed by atoms with Crippen molar-refractivity contribution in [3.63, 3.8) is 0 Å². The SMILES string of the molecule is CCCC/C=C\CCCCC1CCC(CCC)C1. The Hall–Kier alpha value is -0.260. The van der Waals surface area contributed by atoms with Crippen molar-refractivity contribution in [2.45, 2.75) is 90.9 Å². The predicted molar refractivity (Wildman–Crippen MR) is 82.9 cm³/mol. The van der Waals surface area contributed by atoms with Crippen molar-refractivity contribution in [1.29, 1.82) is 0 Å². The summed E-state index contributed by atoms with van der Waals surface area (Å²) < 4.78 is 0. The van der Waals surface area contributed by atoms with Crippen LogP contribution in [0.1, 0.15) is 90.9 Å². The molecule has 0 nitrogen and oxygen atoms in total. The molecule has 0 N–H and O–H groups in total. The van der Waals surface area contributed by atoms with Gasteiger partial charge in [-0.2, -0.15) is 0 Å². The summed E-state index contributed by atoms with van der Waals surface area (Å²) in [5.41, 5.74) is 0. The highest BCUT2D eigenvalue weighted by Gasteiger charge is 2.22. The van der Waals surface area contributed by atoms with Gasteiger partial charge in [-0.05, 0) is 37.5 Å². The maximum Gasteiger partial charge on any atom is -0.0351 e. The number of hydrogen-bond donors (Lipinski definition) is 0. The molecule has 0 aromatic carbocycles. The normalized spacial score (nSPS) is 24.1. The predicted octanol–water partition coefficient (Wildman–Crippen LogP) is 6.51. The molecule has 0 heterocycles.